The number of aliphatic hydroxyl groups is 2. The Labute approximate surface area is 322 Å². The standard InChI is InChI=1S/C43H42ClF3O8/c1-50-43(35-19-22-37(44)34(24-35)23-30-17-20-36(21-18-30)54-29-42(45,46)47)40(53-27-33-15-9-4-10-16-33)38(51-25-31-11-5-2-6-12-31)39(41(49,28-48)55-43)52-26-32-13-7-3-8-14-32/h2-22,24,38-40,48-49H,23,25-29H2,1H3/t38-,39-,40+,41+,43-/m0/s1. The molecule has 0 radical (unpaired) electrons. The molecule has 6 rings (SSSR count). The highest BCUT2D eigenvalue weighted by molar-refractivity contribution is 6.31. The monoisotopic (exact) mass is 778 g/mol. The van der Waals surface area contributed by atoms with Gasteiger partial charge in [-0.2, -0.15) is 13.2 Å². The van der Waals surface area contributed by atoms with Gasteiger partial charge in [0.2, 0.25) is 11.6 Å². The minimum atomic E-state index is -4.46. The van der Waals surface area contributed by atoms with Crippen LogP contribution < -0.4 is 4.74 Å². The summed E-state index contributed by atoms with van der Waals surface area (Å²) in [5.74, 6) is -4.21. The Bertz CT molecular complexity index is 1940. The molecule has 55 heavy (non-hydrogen) atoms. The molecule has 5 aromatic rings. The molecule has 1 saturated heterocycles. The molecule has 290 valence electrons. The first-order chi connectivity index (χ1) is 26.5. The first kappa shape index (κ1) is 40.4. The topological polar surface area (TPSA) is 95.8 Å². The van der Waals surface area contributed by atoms with Crippen molar-refractivity contribution in [3.63, 3.8) is 0 Å². The van der Waals surface area contributed by atoms with E-state index >= 15 is 0 Å². The van der Waals surface area contributed by atoms with E-state index in [1.807, 2.05) is 91.0 Å². The van der Waals surface area contributed by atoms with Crippen molar-refractivity contribution in [2.75, 3.05) is 20.3 Å². The molecule has 5 atom stereocenters. The molecule has 1 heterocycles. The molecule has 2 N–H and O–H groups in total. The van der Waals surface area contributed by atoms with Gasteiger partial charge >= 0.3 is 6.18 Å². The molecule has 0 aliphatic carbocycles. The van der Waals surface area contributed by atoms with Crippen LogP contribution in [-0.4, -0.2) is 60.8 Å². The van der Waals surface area contributed by atoms with Gasteiger partial charge in [-0.15, -0.1) is 0 Å². The maximum Gasteiger partial charge on any atom is 0.422 e. The summed E-state index contributed by atoms with van der Waals surface area (Å²) in [5, 5.41) is 23.6. The Morgan fingerprint density at radius 3 is 1.73 bits per heavy atom. The molecule has 12 heteroatoms. The Morgan fingerprint density at radius 2 is 1.22 bits per heavy atom. The second kappa shape index (κ2) is 18.1. The van der Waals surface area contributed by atoms with Crippen molar-refractivity contribution in [3.8, 4) is 5.75 Å². The molecular formula is C43H42ClF3O8. The van der Waals surface area contributed by atoms with E-state index in [4.69, 9.17) is 40.0 Å². The molecular weight excluding hydrogens is 737 g/mol. The van der Waals surface area contributed by atoms with Crippen LogP contribution in [0.1, 0.15) is 33.4 Å². The van der Waals surface area contributed by atoms with Crippen molar-refractivity contribution in [2.45, 2.75) is 62.3 Å². The number of alkyl halides is 3. The number of hydrogen-bond acceptors (Lipinski definition) is 8. The summed E-state index contributed by atoms with van der Waals surface area (Å²) in [6.45, 7) is -2.05. The minimum absolute atomic E-state index is 0.0545. The predicted octanol–water partition coefficient (Wildman–Crippen LogP) is 8.14. The van der Waals surface area contributed by atoms with Crippen LogP contribution in [0.4, 0.5) is 13.2 Å². The van der Waals surface area contributed by atoms with Gasteiger partial charge in [-0.1, -0.05) is 121 Å². The molecule has 0 bridgehead atoms. The third-order valence-electron chi connectivity index (χ3n) is 9.27. The third kappa shape index (κ3) is 10.1. The average molecular weight is 779 g/mol. The van der Waals surface area contributed by atoms with Crippen LogP contribution in [0.5, 0.6) is 5.75 Å². The van der Waals surface area contributed by atoms with E-state index in [-0.39, 0.29) is 32.0 Å². The Balaban J connectivity index is 1.40. The summed E-state index contributed by atoms with van der Waals surface area (Å²) in [5.41, 5.74) is 4.24. The van der Waals surface area contributed by atoms with Gasteiger partial charge in [0, 0.05) is 17.7 Å². The Hall–Kier alpha value is -4.30. The van der Waals surface area contributed by atoms with E-state index in [1.165, 1.54) is 19.2 Å². The highest BCUT2D eigenvalue weighted by atomic mass is 35.5. The van der Waals surface area contributed by atoms with E-state index in [9.17, 15) is 23.4 Å². The fraction of sp³-hybridized carbons (Fsp3) is 0.302. The van der Waals surface area contributed by atoms with Crippen molar-refractivity contribution in [2.24, 2.45) is 0 Å². The van der Waals surface area contributed by atoms with Gasteiger partial charge < -0.3 is 38.6 Å². The Morgan fingerprint density at radius 1 is 0.691 bits per heavy atom. The first-order valence-corrected chi connectivity index (χ1v) is 18.0. The highest BCUT2D eigenvalue weighted by Crippen LogP contribution is 2.47. The van der Waals surface area contributed by atoms with E-state index in [0.29, 0.717) is 16.1 Å². The smallest absolute Gasteiger partial charge is 0.422 e. The van der Waals surface area contributed by atoms with Gasteiger partial charge in [-0.25, -0.2) is 0 Å². The number of hydrogen-bond donors (Lipinski definition) is 2. The summed E-state index contributed by atoms with van der Waals surface area (Å²) in [4.78, 5) is 0. The number of rotatable bonds is 16. The molecule has 0 aromatic heterocycles. The first-order valence-electron chi connectivity index (χ1n) is 17.6. The fourth-order valence-electron chi connectivity index (χ4n) is 6.54. The fourth-order valence-corrected chi connectivity index (χ4v) is 6.72. The molecule has 8 nitrogen and oxygen atoms in total. The van der Waals surface area contributed by atoms with E-state index in [0.717, 1.165) is 22.3 Å². The van der Waals surface area contributed by atoms with Crippen molar-refractivity contribution in [1.29, 1.82) is 0 Å². The molecule has 0 amide bonds. The van der Waals surface area contributed by atoms with Gasteiger partial charge in [0.15, 0.2) is 6.61 Å². The summed E-state index contributed by atoms with van der Waals surface area (Å²) in [6.07, 6.45) is -7.69. The molecule has 0 unspecified atom stereocenters. The van der Waals surface area contributed by atoms with E-state index in [2.05, 4.69) is 0 Å². The van der Waals surface area contributed by atoms with Crippen molar-refractivity contribution < 1.29 is 51.8 Å². The zero-order valence-corrected chi connectivity index (χ0v) is 30.8. The van der Waals surface area contributed by atoms with E-state index in [1.54, 1.807) is 30.3 Å². The normalized spacial score (nSPS) is 22.7. The Kier molecular flexibility index (Phi) is 13.3. The van der Waals surface area contributed by atoms with E-state index < -0.39 is 49.3 Å². The van der Waals surface area contributed by atoms with Gasteiger partial charge in [0.1, 0.15) is 24.1 Å². The predicted molar refractivity (Wildman–Crippen MR) is 199 cm³/mol. The second-order valence-corrected chi connectivity index (χ2v) is 13.6. The molecule has 0 saturated carbocycles. The van der Waals surface area contributed by atoms with Gasteiger partial charge in [0.05, 0.1) is 26.4 Å². The lowest BCUT2D eigenvalue weighted by Gasteiger charge is -2.54. The van der Waals surface area contributed by atoms with Crippen molar-refractivity contribution in [3.05, 3.63) is 172 Å². The SMILES string of the molecule is CO[C@@]1(c2ccc(Cl)c(Cc3ccc(OCC(F)(F)F)cc3)c2)O[C@](O)(CO)[C@@H](OCc2ccccc2)[C@H](OCc2ccccc2)[C@H]1OCc1ccccc1. The lowest BCUT2D eigenvalue weighted by atomic mass is 9.84. The maximum absolute atomic E-state index is 12.7. The number of aliphatic hydroxyl groups excluding tert-OH is 1. The van der Waals surface area contributed by atoms with Gasteiger partial charge in [0.25, 0.3) is 0 Å². The average Bonchev–Trinajstić information content (AvgIpc) is 3.20. The van der Waals surface area contributed by atoms with Gasteiger partial charge in [-0.05, 0) is 58.5 Å². The van der Waals surface area contributed by atoms with Gasteiger partial charge in [-0.3, -0.25) is 0 Å². The summed E-state index contributed by atoms with van der Waals surface area (Å²) < 4.78 is 75.6. The zero-order valence-electron chi connectivity index (χ0n) is 30.0. The minimum Gasteiger partial charge on any atom is -0.484 e. The lowest BCUT2D eigenvalue weighted by molar-refractivity contribution is -0.457. The van der Waals surface area contributed by atoms with Crippen molar-refractivity contribution >= 4 is 11.6 Å². The summed E-state index contributed by atoms with van der Waals surface area (Å²) in [7, 11) is 1.41. The molecule has 5 aromatic carbocycles. The third-order valence-corrected chi connectivity index (χ3v) is 9.64. The van der Waals surface area contributed by atoms with Crippen LogP contribution in [0.15, 0.2) is 133 Å². The van der Waals surface area contributed by atoms with Crippen LogP contribution in [0, 0.1) is 0 Å². The molecule has 1 aliphatic heterocycles. The summed E-state index contributed by atoms with van der Waals surface area (Å²) >= 11 is 6.74. The molecule has 0 spiro atoms. The lowest BCUT2D eigenvalue weighted by Crippen LogP contribution is -2.71. The summed E-state index contributed by atoms with van der Waals surface area (Å²) in [6, 6.07) is 39.6. The van der Waals surface area contributed by atoms with Crippen LogP contribution in [-0.2, 0) is 55.7 Å². The molecule has 1 aliphatic rings. The largest absolute Gasteiger partial charge is 0.484 e. The van der Waals surface area contributed by atoms with Crippen LogP contribution in [0.25, 0.3) is 0 Å². The van der Waals surface area contributed by atoms with Crippen LogP contribution in [0.3, 0.4) is 0 Å². The number of benzene rings is 5. The second-order valence-electron chi connectivity index (χ2n) is 13.2. The zero-order chi connectivity index (χ0) is 38.9. The van der Waals surface area contributed by atoms with Crippen LogP contribution >= 0.6 is 11.6 Å². The van der Waals surface area contributed by atoms with Crippen molar-refractivity contribution in [1.82, 2.24) is 0 Å². The van der Waals surface area contributed by atoms with Crippen LogP contribution in [0.2, 0.25) is 5.02 Å². The molecule has 1 fully saturated rings. The number of methoxy groups -OCH3 is 1. The highest BCUT2D eigenvalue weighted by Gasteiger charge is 2.64. The number of ether oxygens (including phenoxy) is 6. The maximum atomic E-state index is 12.7. The quantitative estimate of drug-likeness (QED) is 0.104. The number of halogens is 4.